The summed E-state index contributed by atoms with van der Waals surface area (Å²) in [5.41, 5.74) is 15.7. The van der Waals surface area contributed by atoms with E-state index in [1.54, 1.807) is 0 Å². The SMILES string of the molecule is Cc1cc(C)c(NNC(N)=S)c(C)c1. The van der Waals surface area contributed by atoms with Gasteiger partial charge in [0.15, 0.2) is 5.11 Å². The standard InChI is InChI=1S/C10H15N3S/c1-6-4-7(2)9(8(3)5-6)12-13-10(11)14/h4-5,12H,1-3H3,(H3,11,13,14). The molecule has 4 N–H and O–H groups in total. The van der Waals surface area contributed by atoms with Crippen molar-refractivity contribution in [3.05, 3.63) is 28.8 Å². The summed E-state index contributed by atoms with van der Waals surface area (Å²) in [4.78, 5) is 0. The van der Waals surface area contributed by atoms with E-state index >= 15 is 0 Å². The van der Waals surface area contributed by atoms with Crippen molar-refractivity contribution in [2.75, 3.05) is 5.43 Å². The van der Waals surface area contributed by atoms with Gasteiger partial charge in [0.25, 0.3) is 0 Å². The van der Waals surface area contributed by atoms with Gasteiger partial charge in [-0.15, -0.1) is 0 Å². The second kappa shape index (κ2) is 4.28. The van der Waals surface area contributed by atoms with E-state index in [9.17, 15) is 0 Å². The molecule has 0 aromatic heterocycles. The Morgan fingerprint density at radius 3 is 2.14 bits per heavy atom. The van der Waals surface area contributed by atoms with Gasteiger partial charge in [-0.05, 0) is 44.1 Å². The molecule has 0 amide bonds. The van der Waals surface area contributed by atoms with Gasteiger partial charge in [0.05, 0.1) is 5.69 Å². The normalized spacial score (nSPS) is 9.64. The number of thiocarbonyl (C=S) groups is 1. The first-order valence-electron chi connectivity index (χ1n) is 4.40. The van der Waals surface area contributed by atoms with E-state index in [1.807, 2.05) is 13.8 Å². The number of hydrogen-bond donors (Lipinski definition) is 3. The fraction of sp³-hybridized carbons (Fsp3) is 0.300. The smallest absolute Gasteiger partial charge is 0.182 e. The molecule has 0 saturated heterocycles. The highest BCUT2D eigenvalue weighted by molar-refractivity contribution is 7.80. The topological polar surface area (TPSA) is 50.1 Å². The van der Waals surface area contributed by atoms with E-state index in [-0.39, 0.29) is 5.11 Å². The fourth-order valence-corrected chi connectivity index (χ4v) is 1.55. The molecule has 0 aliphatic rings. The third-order valence-corrected chi connectivity index (χ3v) is 2.09. The molecule has 0 aliphatic carbocycles. The summed E-state index contributed by atoms with van der Waals surface area (Å²) >= 11 is 4.71. The fourth-order valence-electron chi connectivity index (χ4n) is 1.50. The molecule has 0 atom stereocenters. The average molecular weight is 209 g/mol. The first-order chi connectivity index (χ1) is 6.50. The lowest BCUT2D eigenvalue weighted by molar-refractivity contribution is 1.10. The van der Waals surface area contributed by atoms with Crippen LogP contribution in [0.25, 0.3) is 0 Å². The maximum Gasteiger partial charge on any atom is 0.182 e. The Hall–Kier alpha value is -1.29. The van der Waals surface area contributed by atoms with Crippen molar-refractivity contribution in [1.82, 2.24) is 5.43 Å². The molecule has 14 heavy (non-hydrogen) atoms. The third kappa shape index (κ3) is 2.60. The maximum absolute atomic E-state index is 5.33. The highest BCUT2D eigenvalue weighted by Gasteiger charge is 2.02. The summed E-state index contributed by atoms with van der Waals surface area (Å²) in [6.07, 6.45) is 0. The molecule has 0 spiro atoms. The largest absolute Gasteiger partial charge is 0.375 e. The third-order valence-electron chi connectivity index (χ3n) is 1.99. The summed E-state index contributed by atoms with van der Waals surface area (Å²) in [6.45, 7) is 6.16. The van der Waals surface area contributed by atoms with Crippen molar-refractivity contribution in [3.8, 4) is 0 Å². The summed E-state index contributed by atoms with van der Waals surface area (Å²) in [5.74, 6) is 0. The lowest BCUT2D eigenvalue weighted by Crippen LogP contribution is -2.34. The van der Waals surface area contributed by atoms with E-state index in [2.05, 4.69) is 29.9 Å². The zero-order chi connectivity index (χ0) is 10.7. The molecule has 0 aliphatic heterocycles. The van der Waals surface area contributed by atoms with Crippen LogP contribution in [0.1, 0.15) is 16.7 Å². The molecule has 0 saturated carbocycles. The number of aryl methyl sites for hydroxylation is 3. The van der Waals surface area contributed by atoms with Crippen LogP contribution in [-0.2, 0) is 0 Å². The number of anilines is 1. The van der Waals surface area contributed by atoms with Crippen LogP contribution < -0.4 is 16.6 Å². The number of hydrazine groups is 1. The number of benzene rings is 1. The van der Waals surface area contributed by atoms with Crippen molar-refractivity contribution in [3.63, 3.8) is 0 Å². The molecular formula is C10H15N3S. The molecule has 0 bridgehead atoms. The summed E-state index contributed by atoms with van der Waals surface area (Å²) in [6, 6.07) is 4.22. The van der Waals surface area contributed by atoms with Crippen LogP contribution >= 0.6 is 12.2 Å². The summed E-state index contributed by atoms with van der Waals surface area (Å²) < 4.78 is 0. The van der Waals surface area contributed by atoms with Crippen LogP contribution in [0.2, 0.25) is 0 Å². The van der Waals surface area contributed by atoms with E-state index in [0.29, 0.717) is 0 Å². The van der Waals surface area contributed by atoms with Gasteiger partial charge in [-0.25, -0.2) is 0 Å². The van der Waals surface area contributed by atoms with Crippen LogP contribution in [-0.4, -0.2) is 5.11 Å². The van der Waals surface area contributed by atoms with Crippen molar-refractivity contribution < 1.29 is 0 Å². The highest BCUT2D eigenvalue weighted by Crippen LogP contribution is 2.20. The van der Waals surface area contributed by atoms with Crippen LogP contribution in [0.5, 0.6) is 0 Å². The van der Waals surface area contributed by atoms with Gasteiger partial charge in [-0.2, -0.15) is 0 Å². The molecule has 3 nitrogen and oxygen atoms in total. The van der Waals surface area contributed by atoms with E-state index in [0.717, 1.165) is 5.69 Å². The van der Waals surface area contributed by atoms with Gasteiger partial charge >= 0.3 is 0 Å². The predicted molar refractivity (Wildman–Crippen MR) is 64.2 cm³/mol. The van der Waals surface area contributed by atoms with Crippen LogP contribution in [0.3, 0.4) is 0 Å². The Morgan fingerprint density at radius 2 is 1.71 bits per heavy atom. The van der Waals surface area contributed by atoms with Gasteiger partial charge in [-0.1, -0.05) is 17.7 Å². The zero-order valence-electron chi connectivity index (χ0n) is 8.64. The molecule has 4 heteroatoms. The van der Waals surface area contributed by atoms with Gasteiger partial charge in [0.2, 0.25) is 0 Å². The quantitative estimate of drug-likeness (QED) is 0.513. The Bertz CT molecular complexity index is 337. The first-order valence-corrected chi connectivity index (χ1v) is 4.81. The van der Waals surface area contributed by atoms with E-state index in [1.165, 1.54) is 16.7 Å². The van der Waals surface area contributed by atoms with Gasteiger partial charge in [0, 0.05) is 0 Å². The molecule has 0 radical (unpaired) electrons. The van der Waals surface area contributed by atoms with Crippen molar-refractivity contribution in [2.24, 2.45) is 5.73 Å². The minimum atomic E-state index is 0.240. The average Bonchev–Trinajstić information content (AvgIpc) is 2.01. The minimum Gasteiger partial charge on any atom is -0.375 e. The Balaban J connectivity index is 2.91. The van der Waals surface area contributed by atoms with Gasteiger partial charge in [0.1, 0.15) is 0 Å². The van der Waals surface area contributed by atoms with Crippen molar-refractivity contribution >= 4 is 23.0 Å². The predicted octanol–water partition coefficient (Wildman–Crippen LogP) is 1.77. The second-order valence-electron chi connectivity index (χ2n) is 3.39. The lowest BCUT2D eigenvalue weighted by atomic mass is 10.1. The highest BCUT2D eigenvalue weighted by atomic mass is 32.1. The Morgan fingerprint density at radius 1 is 1.21 bits per heavy atom. The monoisotopic (exact) mass is 209 g/mol. The first kappa shape index (κ1) is 10.8. The summed E-state index contributed by atoms with van der Waals surface area (Å²) in [7, 11) is 0. The number of nitrogens with two attached hydrogens (primary N) is 1. The van der Waals surface area contributed by atoms with Crippen LogP contribution in [0, 0.1) is 20.8 Å². The molecule has 76 valence electrons. The molecule has 0 fully saturated rings. The number of hydrogen-bond acceptors (Lipinski definition) is 2. The zero-order valence-corrected chi connectivity index (χ0v) is 9.46. The second-order valence-corrected chi connectivity index (χ2v) is 3.83. The van der Waals surface area contributed by atoms with E-state index < -0.39 is 0 Å². The number of nitrogens with one attached hydrogen (secondary N) is 2. The maximum atomic E-state index is 5.33. The Kier molecular flexibility index (Phi) is 3.30. The summed E-state index contributed by atoms with van der Waals surface area (Å²) in [5, 5.41) is 0.240. The molecular weight excluding hydrogens is 194 g/mol. The van der Waals surface area contributed by atoms with E-state index in [4.69, 9.17) is 18.0 Å². The van der Waals surface area contributed by atoms with Crippen LogP contribution in [0.15, 0.2) is 12.1 Å². The van der Waals surface area contributed by atoms with Gasteiger partial charge < -0.3 is 5.73 Å². The molecule has 0 heterocycles. The van der Waals surface area contributed by atoms with Crippen molar-refractivity contribution in [2.45, 2.75) is 20.8 Å². The molecule has 1 rings (SSSR count). The lowest BCUT2D eigenvalue weighted by Gasteiger charge is -2.14. The Labute approximate surface area is 89.7 Å². The van der Waals surface area contributed by atoms with Crippen LogP contribution in [0.4, 0.5) is 5.69 Å². The molecule has 1 aromatic carbocycles. The molecule has 0 unspecified atom stereocenters. The molecule has 1 aromatic rings. The van der Waals surface area contributed by atoms with Gasteiger partial charge in [-0.3, -0.25) is 10.9 Å². The van der Waals surface area contributed by atoms with Crippen molar-refractivity contribution in [1.29, 1.82) is 0 Å². The number of rotatable bonds is 2. The minimum absolute atomic E-state index is 0.240.